The molecule has 0 aliphatic carbocycles. The number of ketones is 1. The Morgan fingerprint density at radius 3 is 2.61 bits per heavy atom. The van der Waals surface area contributed by atoms with E-state index in [-0.39, 0.29) is 18.8 Å². The van der Waals surface area contributed by atoms with Crippen molar-refractivity contribution in [2.75, 3.05) is 25.1 Å². The first kappa shape index (κ1) is 26.4. The normalized spacial score (nSPS) is 22.7. The highest BCUT2D eigenvalue weighted by Crippen LogP contribution is 2.30. The van der Waals surface area contributed by atoms with Gasteiger partial charge in [-0.1, -0.05) is 0 Å². The minimum absolute atomic E-state index is 0.0261. The van der Waals surface area contributed by atoms with Crippen LogP contribution in [0.5, 0.6) is 0 Å². The zero-order valence-corrected chi connectivity index (χ0v) is 17.4. The summed E-state index contributed by atoms with van der Waals surface area (Å²) < 4.78 is 48.2. The van der Waals surface area contributed by atoms with Crippen molar-refractivity contribution in [1.82, 2.24) is 14.9 Å². The van der Waals surface area contributed by atoms with Crippen molar-refractivity contribution >= 4 is 23.4 Å². The molecule has 0 radical (unpaired) electrons. The van der Waals surface area contributed by atoms with Gasteiger partial charge in [0.25, 0.3) is 0 Å². The molecule has 2 heterocycles. The van der Waals surface area contributed by atoms with Gasteiger partial charge in [0.2, 0.25) is 17.6 Å². The van der Waals surface area contributed by atoms with Crippen LogP contribution in [0.15, 0.2) is 17.1 Å². The number of aromatic nitrogens is 2. The van der Waals surface area contributed by atoms with Gasteiger partial charge in [0, 0.05) is 26.1 Å². The second kappa shape index (κ2) is 11.3. The van der Waals surface area contributed by atoms with Crippen molar-refractivity contribution in [2.45, 2.75) is 50.5 Å². The number of alkyl halides is 3. The molecule has 4 N–H and O–H groups in total. The van der Waals surface area contributed by atoms with Crippen LogP contribution in [-0.4, -0.2) is 81.6 Å². The van der Waals surface area contributed by atoms with E-state index in [1.54, 1.807) is 0 Å². The van der Waals surface area contributed by atoms with Crippen LogP contribution < -0.4 is 16.3 Å². The Kier molecular flexibility index (Phi) is 9.04. The maximum Gasteiger partial charge on any atom is 0.449 e. The van der Waals surface area contributed by atoms with Crippen molar-refractivity contribution in [3.63, 3.8) is 0 Å². The molecule has 33 heavy (non-hydrogen) atoms. The molecule has 1 saturated heterocycles. The Morgan fingerprint density at radius 2 is 2.03 bits per heavy atom. The van der Waals surface area contributed by atoms with Crippen LogP contribution in [0.3, 0.4) is 0 Å². The van der Waals surface area contributed by atoms with E-state index in [1.807, 2.05) is 0 Å². The van der Waals surface area contributed by atoms with Gasteiger partial charge < -0.3 is 30.3 Å². The number of nitrogens with one attached hydrogen (secondary N) is 2. The average molecular weight is 480 g/mol. The molecular weight excluding hydrogens is 457 g/mol. The zero-order valence-electron chi connectivity index (χ0n) is 17.4. The molecule has 0 bridgehead atoms. The summed E-state index contributed by atoms with van der Waals surface area (Å²) in [4.78, 5) is 49.8. The Morgan fingerprint density at radius 1 is 1.33 bits per heavy atom. The molecule has 0 spiro atoms. The van der Waals surface area contributed by atoms with Gasteiger partial charge in [-0.15, -0.1) is 0 Å². The van der Waals surface area contributed by atoms with E-state index in [1.165, 1.54) is 19.2 Å². The number of rotatable bonds is 10. The number of aliphatic hydroxyl groups is 2. The molecule has 1 aliphatic rings. The molecule has 12 nitrogen and oxygen atoms in total. The fraction of sp³-hybridized carbons (Fsp3) is 0.611. The highest BCUT2D eigenvalue weighted by molar-refractivity contribution is 5.87. The number of nitrogens with zero attached hydrogens (tertiary/aromatic N) is 2. The molecule has 2 rings (SSSR count). The molecule has 1 aromatic rings. The SMILES string of the molecule is CC(=O)Nc1ccn([C@@H]2O[C@H](CO)C(O)[C@@H]2OCC(=O)NCCCC(=O)C(F)(F)F)c(=O)n1. The maximum absolute atomic E-state index is 12.3. The summed E-state index contributed by atoms with van der Waals surface area (Å²) in [5.74, 6) is -3.13. The van der Waals surface area contributed by atoms with Crippen molar-refractivity contribution in [3.05, 3.63) is 22.7 Å². The molecule has 2 amide bonds. The van der Waals surface area contributed by atoms with Crippen molar-refractivity contribution in [1.29, 1.82) is 0 Å². The molecule has 0 saturated carbocycles. The van der Waals surface area contributed by atoms with Crippen LogP contribution in [-0.2, 0) is 23.9 Å². The second-order valence-corrected chi connectivity index (χ2v) is 7.07. The third-order valence-electron chi connectivity index (χ3n) is 4.53. The number of amides is 2. The topological polar surface area (TPSA) is 169 Å². The fourth-order valence-corrected chi connectivity index (χ4v) is 2.97. The molecule has 184 valence electrons. The Bertz CT molecular complexity index is 923. The number of hydrogen-bond donors (Lipinski definition) is 4. The number of carbonyl (C=O) groups is 3. The number of hydrogen-bond acceptors (Lipinski definition) is 9. The van der Waals surface area contributed by atoms with Gasteiger partial charge in [-0.2, -0.15) is 18.2 Å². The van der Waals surface area contributed by atoms with E-state index in [4.69, 9.17) is 9.47 Å². The van der Waals surface area contributed by atoms with E-state index >= 15 is 0 Å². The summed E-state index contributed by atoms with van der Waals surface area (Å²) in [5, 5.41) is 24.3. The summed E-state index contributed by atoms with van der Waals surface area (Å²) in [7, 11) is 0. The van der Waals surface area contributed by atoms with Gasteiger partial charge in [0.15, 0.2) is 6.23 Å². The largest absolute Gasteiger partial charge is 0.449 e. The predicted octanol–water partition coefficient (Wildman–Crippen LogP) is -1.13. The van der Waals surface area contributed by atoms with Crippen LogP contribution in [0.2, 0.25) is 0 Å². The summed E-state index contributed by atoms with van der Waals surface area (Å²) in [6, 6.07) is 1.29. The lowest BCUT2D eigenvalue weighted by Gasteiger charge is -2.22. The van der Waals surface area contributed by atoms with E-state index < -0.39 is 73.6 Å². The quantitative estimate of drug-likeness (QED) is 0.303. The van der Waals surface area contributed by atoms with Gasteiger partial charge in [-0.3, -0.25) is 19.0 Å². The van der Waals surface area contributed by atoms with Crippen LogP contribution in [0.25, 0.3) is 0 Å². The lowest BCUT2D eigenvalue weighted by Crippen LogP contribution is -2.40. The second-order valence-electron chi connectivity index (χ2n) is 7.07. The number of carbonyl (C=O) groups excluding carboxylic acids is 3. The number of Topliss-reactive ketones (excluding diaryl/α,β-unsaturated/α-hetero) is 1. The highest BCUT2D eigenvalue weighted by atomic mass is 19.4. The lowest BCUT2D eigenvalue weighted by molar-refractivity contribution is -0.171. The van der Waals surface area contributed by atoms with Crippen molar-refractivity contribution in [2.24, 2.45) is 0 Å². The monoisotopic (exact) mass is 480 g/mol. The van der Waals surface area contributed by atoms with Crippen LogP contribution >= 0.6 is 0 Å². The molecule has 4 atom stereocenters. The average Bonchev–Trinajstić information content (AvgIpc) is 3.03. The first-order valence-electron chi connectivity index (χ1n) is 9.73. The van der Waals surface area contributed by atoms with Gasteiger partial charge in [0.1, 0.15) is 30.7 Å². The first-order chi connectivity index (χ1) is 15.4. The van der Waals surface area contributed by atoms with Crippen LogP contribution in [0.1, 0.15) is 26.0 Å². The van der Waals surface area contributed by atoms with Crippen molar-refractivity contribution < 1.29 is 47.2 Å². The van der Waals surface area contributed by atoms with Crippen LogP contribution in [0, 0.1) is 0 Å². The van der Waals surface area contributed by atoms with Crippen molar-refractivity contribution in [3.8, 4) is 0 Å². The summed E-state index contributed by atoms with van der Waals surface area (Å²) in [6.45, 7) is -0.273. The minimum atomic E-state index is -4.93. The molecule has 15 heteroatoms. The van der Waals surface area contributed by atoms with E-state index in [9.17, 15) is 42.6 Å². The third kappa shape index (κ3) is 7.31. The third-order valence-corrected chi connectivity index (χ3v) is 4.53. The zero-order chi connectivity index (χ0) is 24.8. The molecule has 1 unspecified atom stereocenters. The predicted molar refractivity (Wildman–Crippen MR) is 103 cm³/mol. The van der Waals surface area contributed by atoms with Gasteiger partial charge in [0.05, 0.1) is 6.61 Å². The van der Waals surface area contributed by atoms with Gasteiger partial charge in [-0.05, 0) is 12.5 Å². The lowest BCUT2D eigenvalue weighted by atomic mass is 10.1. The summed E-state index contributed by atoms with van der Waals surface area (Å²) >= 11 is 0. The number of aliphatic hydroxyl groups excluding tert-OH is 2. The first-order valence-corrected chi connectivity index (χ1v) is 9.73. The molecular formula is C18H23F3N4O8. The summed E-state index contributed by atoms with van der Waals surface area (Å²) in [5.41, 5.74) is -0.871. The Labute approximate surface area is 184 Å². The van der Waals surface area contributed by atoms with E-state index in [0.717, 1.165) is 4.57 Å². The Hall–Kier alpha value is -2.88. The van der Waals surface area contributed by atoms with Gasteiger partial charge >= 0.3 is 11.9 Å². The van der Waals surface area contributed by atoms with E-state index in [2.05, 4.69) is 15.6 Å². The highest BCUT2D eigenvalue weighted by Gasteiger charge is 2.46. The minimum Gasteiger partial charge on any atom is -0.394 e. The molecule has 1 aromatic heterocycles. The molecule has 0 aromatic carbocycles. The fourth-order valence-electron chi connectivity index (χ4n) is 2.97. The molecule has 1 aliphatic heterocycles. The Balaban J connectivity index is 1.97. The summed E-state index contributed by atoms with van der Waals surface area (Å²) in [6.07, 6.45) is -9.88. The standard InChI is InChI=1S/C18H23F3N4O8/c1-9(27)23-12-4-6-25(17(31)24-12)16-15(14(30)10(7-26)33-16)32-8-13(29)22-5-2-3-11(28)18(19,20)21/h4,6,10,14-16,26,30H,2-3,5,7-8H2,1H3,(H,22,29)(H,23,24,27,31)/t10-,14?,15+,16-/m1/s1. The number of anilines is 1. The molecule has 1 fully saturated rings. The smallest absolute Gasteiger partial charge is 0.394 e. The number of halogens is 3. The maximum atomic E-state index is 12.3. The van der Waals surface area contributed by atoms with E-state index in [0.29, 0.717) is 0 Å². The van der Waals surface area contributed by atoms with Crippen LogP contribution in [0.4, 0.5) is 19.0 Å². The van der Waals surface area contributed by atoms with Gasteiger partial charge in [-0.25, -0.2) is 4.79 Å². The number of ether oxygens (including phenoxy) is 2.